The van der Waals surface area contributed by atoms with Crippen LogP contribution in [0.4, 0.5) is 0 Å². The van der Waals surface area contributed by atoms with Crippen LogP contribution >= 0.6 is 0 Å². The Morgan fingerprint density at radius 1 is 1.12 bits per heavy atom. The third kappa shape index (κ3) is 1.43. The van der Waals surface area contributed by atoms with E-state index in [1.54, 1.807) is 0 Å². The quantitative estimate of drug-likeness (QED) is 0.434. The van der Waals surface area contributed by atoms with Crippen LogP contribution in [0.1, 0.15) is 6.42 Å². The van der Waals surface area contributed by atoms with Crippen LogP contribution in [0.5, 0.6) is 0 Å². The predicted molar refractivity (Wildman–Crippen MR) is 27.4 cm³/mol. The Morgan fingerprint density at radius 2 is 1.62 bits per heavy atom. The van der Waals surface area contributed by atoms with Crippen molar-refractivity contribution in [3.8, 4) is 0 Å². The second-order valence-electron chi connectivity index (χ2n) is 2.08. The summed E-state index contributed by atoms with van der Waals surface area (Å²) in [7, 11) is 0. The molecule has 2 atom stereocenters. The van der Waals surface area contributed by atoms with Crippen molar-refractivity contribution in [3.63, 3.8) is 0 Å². The molecule has 0 amide bonds. The molecule has 0 radical (unpaired) electrons. The van der Waals surface area contributed by atoms with Crippen LogP contribution in [0, 0.1) is 0 Å². The van der Waals surface area contributed by atoms with Crippen LogP contribution in [-0.2, 0) is 4.74 Å². The van der Waals surface area contributed by atoms with Crippen molar-refractivity contribution in [1.82, 2.24) is 0 Å². The molecule has 1 fully saturated rings. The molecule has 3 nitrogen and oxygen atoms in total. The zero-order valence-electron chi connectivity index (χ0n) is 4.58. The molecule has 48 valence electrons. The lowest BCUT2D eigenvalue weighted by Gasteiger charge is -2.21. The molecule has 1 aliphatic heterocycles. The molecular weight excluding hydrogens is 108 g/mol. The van der Waals surface area contributed by atoms with Gasteiger partial charge in [-0.05, 0) is 0 Å². The molecule has 1 aliphatic rings. The van der Waals surface area contributed by atoms with E-state index < -0.39 is 12.2 Å². The minimum Gasteiger partial charge on any atom is -0.391 e. The number of aliphatic hydroxyl groups is 2. The molecule has 1 rings (SSSR count). The number of hydrogen-bond donors (Lipinski definition) is 2. The first-order chi connectivity index (χ1) is 3.79. The van der Waals surface area contributed by atoms with Crippen molar-refractivity contribution in [1.29, 1.82) is 0 Å². The molecule has 3 heteroatoms. The summed E-state index contributed by atoms with van der Waals surface area (Å²) in [6, 6.07) is 0. The van der Waals surface area contributed by atoms with Gasteiger partial charge in [-0.2, -0.15) is 0 Å². The maximum atomic E-state index is 8.79. The Balaban J connectivity index is 2.23. The topological polar surface area (TPSA) is 49.7 Å². The first-order valence-corrected chi connectivity index (χ1v) is 2.73. The SMILES string of the molecule is OC1COCC(O)C1. The van der Waals surface area contributed by atoms with Crippen molar-refractivity contribution in [2.45, 2.75) is 18.6 Å². The number of ether oxygens (including phenoxy) is 1. The lowest BCUT2D eigenvalue weighted by molar-refractivity contribution is -0.0714. The molecule has 0 bridgehead atoms. The van der Waals surface area contributed by atoms with E-state index in [9.17, 15) is 0 Å². The second-order valence-corrected chi connectivity index (χ2v) is 2.08. The smallest absolute Gasteiger partial charge is 0.0799 e. The average Bonchev–Trinajstić information content (AvgIpc) is 1.64. The standard InChI is InChI=1S/C5H10O3/c6-4-1-5(7)3-8-2-4/h4-7H,1-3H2. The van der Waals surface area contributed by atoms with E-state index in [4.69, 9.17) is 14.9 Å². The van der Waals surface area contributed by atoms with Gasteiger partial charge in [-0.3, -0.25) is 0 Å². The highest BCUT2D eigenvalue weighted by Crippen LogP contribution is 2.05. The van der Waals surface area contributed by atoms with Crippen LogP contribution in [-0.4, -0.2) is 35.6 Å². The van der Waals surface area contributed by atoms with E-state index in [0.717, 1.165) is 0 Å². The summed E-state index contributed by atoms with van der Waals surface area (Å²) in [6.45, 7) is 0.744. The molecule has 0 aromatic rings. The molecule has 0 aromatic heterocycles. The summed E-state index contributed by atoms with van der Waals surface area (Å²) >= 11 is 0. The average molecular weight is 118 g/mol. The van der Waals surface area contributed by atoms with E-state index in [2.05, 4.69) is 0 Å². The minimum atomic E-state index is -0.459. The van der Waals surface area contributed by atoms with E-state index in [1.165, 1.54) is 0 Å². The monoisotopic (exact) mass is 118 g/mol. The molecule has 1 saturated heterocycles. The Morgan fingerprint density at radius 3 is 1.88 bits per heavy atom. The maximum absolute atomic E-state index is 8.79. The van der Waals surface area contributed by atoms with Crippen molar-refractivity contribution in [2.24, 2.45) is 0 Å². The van der Waals surface area contributed by atoms with Gasteiger partial charge >= 0.3 is 0 Å². The molecule has 0 aliphatic carbocycles. The van der Waals surface area contributed by atoms with E-state index >= 15 is 0 Å². The van der Waals surface area contributed by atoms with Crippen LogP contribution in [0.3, 0.4) is 0 Å². The summed E-state index contributed by atoms with van der Waals surface area (Å²) in [5.41, 5.74) is 0. The van der Waals surface area contributed by atoms with Gasteiger partial charge in [0.1, 0.15) is 0 Å². The highest BCUT2D eigenvalue weighted by molar-refractivity contribution is 4.66. The molecule has 0 saturated carbocycles. The third-order valence-electron chi connectivity index (χ3n) is 1.16. The zero-order chi connectivity index (χ0) is 5.98. The summed E-state index contributed by atoms with van der Waals surface area (Å²) < 4.78 is 4.79. The van der Waals surface area contributed by atoms with Gasteiger partial charge in [0.05, 0.1) is 25.4 Å². The van der Waals surface area contributed by atoms with Gasteiger partial charge in [0.2, 0.25) is 0 Å². The van der Waals surface area contributed by atoms with Gasteiger partial charge in [0, 0.05) is 6.42 Å². The van der Waals surface area contributed by atoms with E-state index in [0.29, 0.717) is 19.6 Å². The summed E-state index contributed by atoms with van der Waals surface area (Å²) in [5, 5.41) is 17.6. The maximum Gasteiger partial charge on any atom is 0.0799 e. The first kappa shape index (κ1) is 6.01. The second kappa shape index (κ2) is 2.44. The Hall–Kier alpha value is -0.120. The van der Waals surface area contributed by atoms with E-state index in [1.807, 2.05) is 0 Å². The van der Waals surface area contributed by atoms with Gasteiger partial charge < -0.3 is 14.9 Å². The van der Waals surface area contributed by atoms with Crippen molar-refractivity contribution < 1.29 is 14.9 Å². The first-order valence-electron chi connectivity index (χ1n) is 2.73. The van der Waals surface area contributed by atoms with Crippen molar-refractivity contribution in [2.75, 3.05) is 13.2 Å². The van der Waals surface area contributed by atoms with Gasteiger partial charge in [-0.25, -0.2) is 0 Å². The summed E-state index contributed by atoms with van der Waals surface area (Å²) in [6.07, 6.45) is -0.461. The minimum absolute atomic E-state index is 0.372. The Bertz CT molecular complexity index is 66.1. The van der Waals surface area contributed by atoms with Gasteiger partial charge in [0.25, 0.3) is 0 Å². The number of aliphatic hydroxyl groups excluding tert-OH is 2. The fourth-order valence-corrected chi connectivity index (χ4v) is 0.790. The van der Waals surface area contributed by atoms with Gasteiger partial charge in [0.15, 0.2) is 0 Å². The molecule has 2 N–H and O–H groups in total. The van der Waals surface area contributed by atoms with Crippen LogP contribution in [0.25, 0.3) is 0 Å². The Kier molecular flexibility index (Phi) is 1.83. The third-order valence-corrected chi connectivity index (χ3v) is 1.16. The van der Waals surface area contributed by atoms with Crippen molar-refractivity contribution in [3.05, 3.63) is 0 Å². The molecule has 2 unspecified atom stereocenters. The van der Waals surface area contributed by atoms with Gasteiger partial charge in [-0.15, -0.1) is 0 Å². The lowest BCUT2D eigenvalue weighted by Crippen LogP contribution is -2.32. The normalized spacial score (nSPS) is 39.8. The number of hydrogen-bond acceptors (Lipinski definition) is 3. The van der Waals surface area contributed by atoms with Crippen LogP contribution < -0.4 is 0 Å². The molecular formula is C5H10O3. The Labute approximate surface area is 47.9 Å². The molecule has 8 heavy (non-hydrogen) atoms. The molecule has 1 heterocycles. The number of rotatable bonds is 0. The van der Waals surface area contributed by atoms with E-state index in [-0.39, 0.29) is 0 Å². The fourth-order valence-electron chi connectivity index (χ4n) is 0.790. The molecule has 0 spiro atoms. The lowest BCUT2D eigenvalue weighted by atomic mass is 10.1. The molecule has 0 aromatic carbocycles. The largest absolute Gasteiger partial charge is 0.391 e. The van der Waals surface area contributed by atoms with Crippen LogP contribution in [0.15, 0.2) is 0 Å². The highest BCUT2D eigenvalue weighted by atomic mass is 16.5. The zero-order valence-corrected chi connectivity index (χ0v) is 4.58. The predicted octanol–water partition coefficient (Wildman–Crippen LogP) is -0.872. The van der Waals surface area contributed by atoms with Crippen LogP contribution in [0.2, 0.25) is 0 Å². The highest BCUT2D eigenvalue weighted by Gasteiger charge is 2.17. The summed E-state index contributed by atoms with van der Waals surface area (Å²) in [5.74, 6) is 0. The fraction of sp³-hybridized carbons (Fsp3) is 1.00. The van der Waals surface area contributed by atoms with Gasteiger partial charge in [-0.1, -0.05) is 0 Å². The van der Waals surface area contributed by atoms with Crippen molar-refractivity contribution >= 4 is 0 Å². The summed E-state index contributed by atoms with van der Waals surface area (Å²) in [4.78, 5) is 0.